The van der Waals surface area contributed by atoms with Gasteiger partial charge >= 0.3 is 0 Å². The third-order valence-corrected chi connectivity index (χ3v) is 4.79. The third-order valence-electron chi connectivity index (χ3n) is 4.79. The van der Waals surface area contributed by atoms with Crippen molar-refractivity contribution in [3.63, 3.8) is 0 Å². The predicted octanol–water partition coefficient (Wildman–Crippen LogP) is 1.30. The molecule has 8 heteroatoms. The lowest BCUT2D eigenvalue weighted by atomic mass is 9.90. The molecule has 8 nitrogen and oxygen atoms in total. The average Bonchev–Trinajstić information content (AvgIpc) is 3.15. The van der Waals surface area contributed by atoms with Crippen molar-refractivity contribution >= 4 is 17.5 Å². The van der Waals surface area contributed by atoms with Crippen molar-refractivity contribution in [1.29, 1.82) is 0 Å². The van der Waals surface area contributed by atoms with E-state index in [1.54, 1.807) is 17.1 Å². The Morgan fingerprint density at radius 2 is 1.81 bits per heavy atom. The number of benzene rings is 2. The van der Waals surface area contributed by atoms with Crippen molar-refractivity contribution in [2.75, 3.05) is 0 Å². The minimum Gasteiger partial charge on any atom is -0.295 e. The Morgan fingerprint density at radius 1 is 1.04 bits per heavy atom. The van der Waals surface area contributed by atoms with E-state index in [-0.39, 0.29) is 17.5 Å². The molecular weight excluding hydrogens is 336 g/mol. The fourth-order valence-corrected chi connectivity index (χ4v) is 3.63. The number of nitro benzene ring substituents is 1. The molecule has 0 aliphatic carbocycles. The van der Waals surface area contributed by atoms with Crippen LogP contribution in [0, 0.1) is 16.0 Å². The highest BCUT2D eigenvalue weighted by atomic mass is 16.6. The third kappa shape index (κ3) is 2.75. The summed E-state index contributed by atoms with van der Waals surface area (Å²) in [7, 11) is 0. The molecule has 3 atom stereocenters. The summed E-state index contributed by atoms with van der Waals surface area (Å²) in [5, 5.41) is 15.2. The van der Waals surface area contributed by atoms with Gasteiger partial charge in [-0.1, -0.05) is 42.5 Å². The van der Waals surface area contributed by atoms with Gasteiger partial charge in [0.05, 0.1) is 16.9 Å². The predicted molar refractivity (Wildman–Crippen MR) is 91.4 cm³/mol. The van der Waals surface area contributed by atoms with E-state index in [0.717, 1.165) is 5.56 Å². The highest BCUT2D eigenvalue weighted by Gasteiger charge is 2.54. The number of fused-ring (bicyclic) bond motifs is 1. The summed E-state index contributed by atoms with van der Waals surface area (Å²) in [6.45, 7) is 0.439. The van der Waals surface area contributed by atoms with E-state index in [1.165, 1.54) is 12.1 Å². The van der Waals surface area contributed by atoms with Gasteiger partial charge in [0.25, 0.3) is 5.69 Å². The molecule has 2 heterocycles. The summed E-state index contributed by atoms with van der Waals surface area (Å²) in [5.74, 6) is -1.34. The van der Waals surface area contributed by atoms with Gasteiger partial charge in [0.1, 0.15) is 6.04 Å². The van der Waals surface area contributed by atoms with Crippen LogP contribution in [-0.2, 0) is 16.1 Å². The van der Waals surface area contributed by atoms with E-state index < -0.39 is 22.9 Å². The number of hydrogen-bond donors (Lipinski definition) is 2. The van der Waals surface area contributed by atoms with Crippen LogP contribution in [0.15, 0.2) is 54.6 Å². The molecule has 2 fully saturated rings. The van der Waals surface area contributed by atoms with Crippen molar-refractivity contribution in [3.05, 3.63) is 75.8 Å². The second-order valence-corrected chi connectivity index (χ2v) is 6.40. The Hall–Kier alpha value is -3.10. The standard InChI is InChI=1S/C18H16N4O4/c23-17-14-15(12-7-4-8-13(9-12)22(25)26)20-21(16(14)18(24)19-17)10-11-5-2-1-3-6-11/h1-9,14-16,20H,10H2,(H,19,23,24)/t14-,15-,16-/m0/s1. The average molecular weight is 352 g/mol. The molecule has 2 aliphatic rings. The number of carbonyl (C=O) groups is 2. The number of carbonyl (C=O) groups excluding carboxylic acids is 2. The van der Waals surface area contributed by atoms with Gasteiger partial charge in [-0.3, -0.25) is 25.0 Å². The topological polar surface area (TPSA) is 105 Å². The molecule has 2 saturated heterocycles. The van der Waals surface area contributed by atoms with Crippen molar-refractivity contribution in [2.24, 2.45) is 5.92 Å². The van der Waals surface area contributed by atoms with Crippen LogP contribution in [0.1, 0.15) is 17.2 Å². The van der Waals surface area contributed by atoms with Crippen LogP contribution in [-0.4, -0.2) is 27.8 Å². The summed E-state index contributed by atoms with van der Waals surface area (Å²) < 4.78 is 0. The Morgan fingerprint density at radius 3 is 2.54 bits per heavy atom. The summed E-state index contributed by atoms with van der Waals surface area (Å²) in [6.07, 6.45) is 0. The molecule has 4 rings (SSSR count). The van der Waals surface area contributed by atoms with Gasteiger partial charge in [-0.25, -0.2) is 10.4 Å². The van der Waals surface area contributed by atoms with Gasteiger partial charge in [-0.05, 0) is 11.1 Å². The quantitative estimate of drug-likeness (QED) is 0.488. The van der Waals surface area contributed by atoms with E-state index >= 15 is 0 Å². The Balaban J connectivity index is 1.68. The van der Waals surface area contributed by atoms with Crippen molar-refractivity contribution < 1.29 is 14.5 Å². The first-order valence-electron chi connectivity index (χ1n) is 8.20. The number of nitro groups is 1. The second-order valence-electron chi connectivity index (χ2n) is 6.40. The van der Waals surface area contributed by atoms with E-state index in [2.05, 4.69) is 10.7 Å². The Kier molecular flexibility index (Phi) is 3.98. The first-order valence-corrected chi connectivity index (χ1v) is 8.20. The van der Waals surface area contributed by atoms with Crippen LogP contribution in [0.3, 0.4) is 0 Å². The number of non-ortho nitro benzene ring substituents is 1. The van der Waals surface area contributed by atoms with E-state index in [9.17, 15) is 19.7 Å². The molecule has 2 aliphatic heterocycles. The van der Waals surface area contributed by atoms with Gasteiger partial charge in [0.15, 0.2) is 0 Å². The molecule has 2 amide bonds. The Labute approximate surface area is 148 Å². The van der Waals surface area contributed by atoms with Gasteiger partial charge in [-0.2, -0.15) is 0 Å². The summed E-state index contributed by atoms with van der Waals surface area (Å²) >= 11 is 0. The monoisotopic (exact) mass is 352 g/mol. The number of nitrogens with one attached hydrogen (secondary N) is 2. The van der Waals surface area contributed by atoms with Crippen molar-refractivity contribution in [2.45, 2.75) is 18.6 Å². The normalized spacial score (nSPS) is 25.2. The molecule has 2 N–H and O–H groups in total. The SMILES string of the molecule is O=C1NC(=O)[C@@H]2[C@@H]1[C@H](c1cccc([N+](=O)[O-])c1)NN2Cc1ccccc1. The van der Waals surface area contributed by atoms with Gasteiger partial charge in [0, 0.05) is 18.7 Å². The van der Waals surface area contributed by atoms with E-state index in [0.29, 0.717) is 12.1 Å². The van der Waals surface area contributed by atoms with E-state index in [1.807, 2.05) is 30.3 Å². The number of hydrazine groups is 1. The molecule has 132 valence electrons. The largest absolute Gasteiger partial charge is 0.295 e. The first-order chi connectivity index (χ1) is 12.5. The summed E-state index contributed by atoms with van der Waals surface area (Å²) in [5.41, 5.74) is 4.76. The Bertz CT molecular complexity index is 886. The number of imide groups is 1. The fourth-order valence-electron chi connectivity index (χ4n) is 3.63. The van der Waals surface area contributed by atoms with E-state index in [4.69, 9.17) is 0 Å². The van der Waals surface area contributed by atoms with Crippen LogP contribution in [0.25, 0.3) is 0 Å². The minimum atomic E-state index is -0.646. The van der Waals surface area contributed by atoms with Crippen molar-refractivity contribution in [1.82, 2.24) is 15.8 Å². The number of nitrogens with zero attached hydrogens (tertiary/aromatic N) is 2. The van der Waals surface area contributed by atoms with Crippen LogP contribution < -0.4 is 10.7 Å². The van der Waals surface area contributed by atoms with Gasteiger partial charge < -0.3 is 0 Å². The summed E-state index contributed by atoms with van der Waals surface area (Å²) in [6, 6.07) is 14.6. The molecule has 0 unspecified atom stereocenters. The van der Waals surface area contributed by atoms with Crippen LogP contribution in [0.5, 0.6) is 0 Å². The highest BCUT2D eigenvalue weighted by Crippen LogP contribution is 2.38. The molecule has 2 aromatic carbocycles. The van der Waals surface area contributed by atoms with Crippen molar-refractivity contribution in [3.8, 4) is 0 Å². The molecule has 26 heavy (non-hydrogen) atoms. The molecular formula is C18H16N4O4. The fraction of sp³-hybridized carbons (Fsp3) is 0.222. The zero-order valence-electron chi connectivity index (χ0n) is 13.7. The molecule has 0 aromatic heterocycles. The number of rotatable bonds is 4. The zero-order valence-corrected chi connectivity index (χ0v) is 13.7. The number of hydrogen-bond acceptors (Lipinski definition) is 6. The second kappa shape index (κ2) is 6.32. The first kappa shape index (κ1) is 16.4. The molecule has 0 radical (unpaired) electrons. The van der Waals surface area contributed by atoms with Gasteiger partial charge in [0.2, 0.25) is 11.8 Å². The minimum absolute atomic E-state index is 0.0490. The number of amides is 2. The summed E-state index contributed by atoms with van der Waals surface area (Å²) in [4.78, 5) is 35.2. The lowest BCUT2D eigenvalue weighted by molar-refractivity contribution is -0.384. The van der Waals surface area contributed by atoms with Crippen LogP contribution >= 0.6 is 0 Å². The molecule has 0 spiro atoms. The molecule has 0 saturated carbocycles. The zero-order chi connectivity index (χ0) is 18.3. The van der Waals surface area contributed by atoms with Crippen LogP contribution in [0.2, 0.25) is 0 Å². The maximum atomic E-state index is 12.3. The smallest absolute Gasteiger partial charge is 0.269 e. The lowest BCUT2D eigenvalue weighted by Crippen LogP contribution is -2.43. The lowest BCUT2D eigenvalue weighted by Gasteiger charge is -2.22. The maximum Gasteiger partial charge on any atom is 0.269 e. The van der Waals surface area contributed by atoms with Crippen LogP contribution in [0.4, 0.5) is 5.69 Å². The van der Waals surface area contributed by atoms with Gasteiger partial charge in [-0.15, -0.1) is 0 Å². The highest BCUT2D eigenvalue weighted by molar-refractivity contribution is 6.07. The maximum absolute atomic E-state index is 12.3. The molecule has 0 bridgehead atoms. The molecule has 2 aromatic rings.